The van der Waals surface area contributed by atoms with Crippen molar-refractivity contribution < 1.29 is 9.53 Å². The Balaban J connectivity index is 0.00000176. The van der Waals surface area contributed by atoms with Crippen molar-refractivity contribution in [3.8, 4) is 5.75 Å². The van der Waals surface area contributed by atoms with Crippen molar-refractivity contribution in [2.24, 2.45) is 17.6 Å². The Bertz CT molecular complexity index is 505. The first kappa shape index (κ1) is 17.1. The molecule has 0 aromatic heterocycles. The number of carbonyl (C=O) groups excluding carboxylic acids is 1. The Labute approximate surface area is 138 Å². The van der Waals surface area contributed by atoms with Gasteiger partial charge >= 0.3 is 0 Å². The van der Waals surface area contributed by atoms with E-state index in [1.165, 1.54) is 12.8 Å². The number of halogens is 1. The molecule has 2 aliphatic rings. The van der Waals surface area contributed by atoms with Crippen LogP contribution < -0.4 is 15.8 Å². The molecule has 1 aromatic carbocycles. The molecule has 2 unspecified atom stereocenters. The predicted octanol–water partition coefficient (Wildman–Crippen LogP) is 2.64. The molecular weight excluding hydrogens is 300 g/mol. The molecule has 2 saturated carbocycles. The Morgan fingerprint density at radius 1 is 1.23 bits per heavy atom. The molecule has 5 heteroatoms. The fraction of sp³-hybridized carbons (Fsp3) is 0.588. The lowest BCUT2D eigenvalue weighted by molar-refractivity contribution is -0.125. The van der Waals surface area contributed by atoms with Crippen molar-refractivity contribution >= 4 is 18.3 Å². The zero-order valence-electron chi connectivity index (χ0n) is 12.8. The summed E-state index contributed by atoms with van der Waals surface area (Å²) in [4.78, 5) is 12.1. The van der Waals surface area contributed by atoms with Crippen LogP contribution in [0.15, 0.2) is 24.3 Å². The first-order valence-electron chi connectivity index (χ1n) is 7.96. The van der Waals surface area contributed by atoms with Crippen LogP contribution >= 0.6 is 12.4 Å². The molecule has 0 radical (unpaired) electrons. The van der Waals surface area contributed by atoms with Gasteiger partial charge in [-0.05, 0) is 44.1 Å². The van der Waals surface area contributed by atoms with E-state index in [4.69, 9.17) is 10.5 Å². The van der Waals surface area contributed by atoms with E-state index in [0.717, 1.165) is 43.1 Å². The summed E-state index contributed by atoms with van der Waals surface area (Å²) in [6, 6.07) is 8.15. The Morgan fingerprint density at radius 2 is 2.00 bits per heavy atom. The normalized spacial score (nSPS) is 23.7. The molecule has 1 amide bonds. The number of carbonyl (C=O) groups is 1. The van der Waals surface area contributed by atoms with Crippen LogP contribution in [-0.2, 0) is 11.3 Å². The molecule has 22 heavy (non-hydrogen) atoms. The molecule has 1 aromatic rings. The van der Waals surface area contributed by atoms with Gasteiger partial charge in [0.15, 0.2) is 0 Å². The number of ether oxygens (including phenoxy) is 1. The fourth-order valence-electron chi connectivity index (χ4n) is 2.86. The van der Waals surface area contributed by atoms with Crippen molar-refractivity contribution in [3.05, 3.63) is 29.8 Å². The first-order valence-corrected chi connectivity index (χ1v) is 7.96. The minimum atomic E-state index is 0. The number of para-hydroxylation sites is 1. The molecule has 2 aliphatic carbocycles. The minimum absolute atomic E-state index is 0. The van der Waals surface area contributed by atoms with Gasteiger partial charge in [0.1, 0.15) is 5.75 Å². The van der Waals surface area contributed by atoms with E-state index in [9.17, 15) is 4.79 Å². The van der Waals surface area contributed by atoms with Crippen molar-refractivity contribution in [1.29, 1.82) is 0 Å². The quantitative estimate of drug-likeness (QED) is 0.845. The van der Waals surface area contributed by atoms with Crippen LogP contribution in [0.1, 0.15) is 37.7 Å². The van der Waals surface area contributed by atoms with Gasteiger partial charge in [-0.15, -0.1) is 12.4 Å². The molecular formula is C17H25ClN2O2. The second-order valence-corrected chi connectivity index (χ2v) is 6.35. The van der Waals surface area contributed by atoms with Gasteiger partial charge in [0.2, 0.25) is 5.91 Å². The van der Waals surface area contributed by atoms with E-state index in [1.54, 1.807) is 0 Å². The molecule has 0 aliphatic heterocycles. The van der Waals surface area contributed by atoms with Crippen LogP contribution in [0.5, 0.6) is 5.75 Å². The first-order chi connectivity index (χ1) is 10.2. The van der Waals surface area contributed by atoms with Crippen LogP contribution in [0, 0.1) is 11.8 Å². The second kappa shape index (κ2) is 7.84. The maximum absolute atomic E-state index is 12.1. The largest absolute Gasteiger partial charge is 0.493 e. The molecule has 0 bridgehead atoms. The summed E-state index contributed by atoms with van der Waals surface area (Å²) >= 11 is 0. The number of nitrogens with one attached hydrogen (secondary N) is 1. The van der Waals surface area contributed by atoms with E-state index < -0.39 is 0 Å². The predicted molar refractivity (Wildman–Crippen MR) is 89.1 cm³/mol. The third-order valence-corrected chi connectivity index (χ3v) is 4.44. The molecule has 3 N–H and O–H groups in total. The van der Waals surface area contributed by atoms with Gasteiger partial charge in [0.05, 0.1) is 6.61 Å². The smallest absolute Gasteiger partial charge is 0.223 e. The number of nitrogens with two attached hydrogens (primary N) is 1. The van der Waals surface area contributed by atoms with E-state index in [0.29, 0.717) is 6.54 Å². The van der Waals surface area contributed by atoms with Gasteiger partial charge in [0, 0.05) is 24.1 Å². The van der Waals surface area contributed by atoms with Gasteiger partial charge in [-0.3, -0.25) is 4.79 Å². The summed E-state index contributed by atoms with van der Waals surface area (Å²) < 4.78 is 5.86. The Kier molecular flexibility index (Phi) is 6.09. The number of hydrogen-bond donors (Lipinski definition) is 2. The van der Waals surface area contributed by atoms with E-state index >= 15 is 0 Å². The van der Waals surface area contributed by atoms with Crippen molar-refractivity contribution in [2.75, 3.05) is 6.61 Å². The number of benzene rings is 1. The van der Waals surface area contributed by atoms with Crippen molar-refractivity contribution in [1.82, 2.24) is 5.32 Å². The lowest BCUT2D eigenvalue weighted by Crippen LogP contribution is -2.30. The number of hydrogen-bond acceptors (Lipinski definition) is 3. The third kappa shape index (κ3) is 4.62. The summed E-state index contributed by atoms with van der Waals surface area (Å²) in [6.07, 6.45) is 5.24. The van der Waals surface area contributed by atoms with Gasteiger partial charge in [0.25, 0.3) is 0 Å². The highest BCUT2D eigenvalue weighted by atomic mass is 35.5. The minimum Gasteiger partial charge on any atom is -0.493 e. The lowest BCUT2D eigenvalue weighted by atomic mass is 10.1. The van der Waals surface area contributed by atoms with Crippen LogP contribution in [0.25, 0.3) is 0 Å². The third-order valence-electron chi connectivity index (χ3n) is 4.44. The lowest BCUT2D eigenvalue weighted by Gasteiger charge is -2.14. The second-order valence-electron chi connectivity index (χ2n) is 6.35. The maximum atomic E-state index is 12.1. The summed E-state index contributed by atoms with van der Waals surface area (Å²) in [7, 11) is 0. The summed E-state index contributed by atoms with van der Waals surface area (Å²) in [5, 5.41) is 3.03. The fourth-order valence-corrected chi connectivity index (χ4v) is 2.86. The van der Waals surface area contributed by atoms with E-state index in [1.807, 2.05) is 24.3 Å². The average Bonchev–Trinajstić information content (AvgIpc) is 3.23. The molecule has 2 atom stereocenters. The monoisotopic (exact) mass is 324 g/mol. The van der Waals surface area contributed by atoms with Gasteiger partial charge in [-0.2, -0.15) is 0 Å². The molecule has 0 heterocycles. The van der Waals surface area contributed by atoms with Gasteiger partial charge in [-0.25, -0.2) is 0 Å². The highest BCUT2D eigenvalue weighted by Crippen LogP contribution is 2.30. The van der Waals surface area contributed by atoms with Crippen LogP contribution in [0.2, 0.25) is 0 Å². The molecule has 4 nitrogen and oxygen atoms in total. The SMILES string of the molecule is Cl.NC1CCC(C(=O)NCc2ccccc2OCC2CC2)C1. The topological polar surface area (TPSA) is 64.4 Å². The average molecular weight is 325 g/mol. The standard InChI is InChI=1S/C17H24N2O2.ClH/c18-15-8-7-13(9-15)17(20)19-10-14-3-1-2-4-16(14)21-11-12-5-6-12;/h1-4,12-13,15H,5-11,18H2,(H,19,20);1H. The number of amides is 1. The molecule has 2 fully saturated rings. The number of rotatable bonds is 6. The summed E-state index contributed by atoms with van der Waals surface area (Å²) in [5.74, 6) is 1.83. The van der Waals surface area contributed by atoms with Crippen LogP contribution in [-0.4, -0.2) is 18.6 Å². The summed E-state index contributed by atoms with van der Waals surface area (Å²) in [6.45, 7) is 1.33. The molecule has 3 rings (SSSR count). The van der Waals surface area contributed by atoms with Gasteiger partial charge in [-0.1, -0.05) is 18.2 Å². The van der Waals surface area contributed by atoms with Crippen molar-refractivity contribution in [2.45, 2.75) is 44.7 Å². The van der Waals surface area contributed by atoms with Crippen LogP contribution in [0.4, 0.5) is 0 Å². The molecule has 0 spiro atoms. The zero-order chi connectivity index (χ0) is 14.7. The summed E-state index contributed by atoms with van der Waals surface area (Å²) in [5.41, 5.74) is 6.92. The van der Waals surface area contributed by atoms with Gasteiger partial charge < -0.3 is 15.8 Å². The maximum Gasteiger partial charge on any atom is 0.223 e. The highest BCUT2D eigenvalue weighted by Gasteiger charge is 2.27. The molecule has 0 saturated heterocycles. The highest BCUT2D eigenvalue weighted by molar-refractivity contribution is 5.85. The van der Waals surface area contributed by atoms with Crippen molar-refractivity contribution in [3.63, 3.8) is 0 Å². The molecule has 122 valence electrons. The van der Waals surface area contributed by atoms with E-state index in [-0.39, 0.29) is 30.3 Å². The Morgan fingerprint density at radius 3 is 2.68 bits per heavy atom. The zero-order valence-corrected chi connectivity index (χ0v) is 13.6. The van der Waals surface area contributed by atoms with E-state index in [2.05, 4.69) is 5.32 Å². The van der Waals surface area contributed by atoms with Crippen LogP contribution in [0.3, 0.4) is 0 Å². The Hall–Kier alpha value is -1.26.